The molecule has 1 aromatic carbocycles. The standard InChI is InChI=1S/C26H30N6O2S/c1-29-12-14-31(15-13-29)18-16-19-23(33)22(25(34)27-8-11-30-9-4-5-10-30)26-32(24(19)28-17-18)20-6-2-3-7-21(20)35-26/h2-3,6-7,16-17H,4-5,8-15H2,1H3,(H,27,34). The van der Waals surface area contributed by atoms with Gasteiger partial charge < -0.3 is 20.0 Å². The number of aromatic nitrogens is 2. The van der Waals surface area contributed by atoms with Crippen LogP contribution in [-0.4, -0.2) is 84.5 Å². The van der Waals surface area contributed by atoms with Crippen LogP contribution in [0.2, 0.25) is 0 Å². The van der Waals surface area contributed by atoms with Crippen molar-refractivity contribution in [3.63, 3.8) is 0 Å². The normalized spacial score (nSPS) is 17.7. The third-order valence-electron chi connectivity index (χ3n) is 7.27. The summed E-state index contributed by atoms with van der Waals surface area (Å²) in [6, 6.07) is 9.93. The van der Waals surface area contributed by atoms with E-state index >= 15 is 0 Å². The van der Waals surface area contributed by atoms with Crippen molar-refractivity contribution in [3.8, 4) is 0 Å². The maximum Gasteiger partial charge on any atom is 0.258 e. The lowest BCUT2D eigenvalue weighted by Crippen LogP contribution is -2.44. The second-order valence-electron chi connectivity index (χ2n) is 9.57. The number of hydrogen-bond acceptors (Lipinski definition) is 7. The number of rotatable bonds is 5. The summed E-state index contributed by atoms with van der Waals surface area (Å²) in [6.45, 7) is 7.21. The van der Waals surface area contributed by atoms with E-state index in [-0.39, 0.29) is 16.9 Å². The van der Waals surface area contributed by atoms with E-state index in [2.05, 4.69) is 27.1 Å². The molecule has 8 nitrogen and oxygen atoms in total. The third kappa shape index (κ3) is 4.07. The van der Waals surface area contributed by atoms with Gasteiger partial charge in [-0.3, -0.25) is 14.0 Å². The van der Waals surface area contributed by atoms with Crippen molar-refractivity contribution in [2.45, 2.75) is 12.8 Å². The summed E-state index contributed by atoms with van der Waals surface area (Å²) in [5.41, 5.74) is 2.48. The van der Waals surface area contributed by atoms with E-state index in [4.69, 9.17) is 4.98 Å². The molecule has 0 saturated carbocycles. The number of anilines is 1. The molecule has 3 aromatic heterocycles. The number of nitrogens with zero attached hydrogens (tertiary/aromatic N) is 5. The Hall–Kier alpha value is -3.01. The van der Waals surface area contributed by atoms with Crippen LogP contribution >= 0.6 is 11.3 Å². The van der Waals surface area contributed by atoms with Gasteiger partial charge in [0.15, 0.2) is 0 Å². The molecule has 4 aromatic rings. The van der Waals surface area contributed by atoms with Gasteiger partial charge in [-0.25, -0.2) is 4.98 Å². The molecule has 9 heteroatoms. The summed E-state index contributed by atoms with van der Waals surface area (Å²) >= 11 is 1.47. The zero-order valence-corrected chi connectivity index (χ0v) is 20.8. The van der Waals surface area contributed by atoms with Gasteiger partial charge in [0, 0.05) is 39.3 Å². The van der Waals surface area contributed by atoms with Crippen LogP contribution in [0.1, 0.15) is 23.2 Å². The average Bonchev–Trinajstić information content (AvgIpc) is 3.52. The quantitative estimate of drug-likeness (QED) is 0.464. The summed E-state index contributed by atoms with van der Waals surface area (Å²) in [4.78, 5) is 39.6. The molecular formula is C26H30N6O2S. The number of para-hydroxylation sites is 1. The van der Waals surface area contributed by atoms with Gasteiger partial charge in [-0.2, -0.15) is 0 Å². The Balaban J connectivity index is 1.46. The number of fused-ring (bicyclic) bond motifs is 5. The fourth-order valence-corrected chi connectivity index (χ4v) is 6.43. The van der Waals surface area contributed by atoms with E-state index in [1.807, 2.05) is 40.9 Å². The van der Waals surface area contributed by atoms with E-state index in [0.29, 0.717) is 22.4 Å². The van der Waals surface area contributed by atoms with Gasteiger partial charge in [-0.15, -0.1) is 11.3 Å². The van der Waals surface area contributed by atoms with Gasteiger partial charge in [0.2, 0.25) is 5.43 Å². The monoisotopic (exact) mass is 490 g/mol. The fraction of sp³-hybridized carbons (Fsp3) is 0.423. The summed E-state index contributed by atoms with van der Waals surface area (Å²) in [7, 11) is 2.12. The number of pyridine rings is 2. The second kappa shape index (κ2) is 9.22. The Morgan fingerprint density at radius 1 is 1.09 bits per heavy atom. The number of amides is 1. The first-order valence-corrected chi connectivity index (χ1v) is 13.2. The highest BCUT2D eigenvalue weighted by Crippen LogP contribution is 2.31. The molecule has 35 heavy (non-hydrogen) atoms. The van der Waals surface area contributed by atoms with Gasteiger partial charge in [0.05, 0.1) is 27.5 Å². The lowest BCUT2D eigenvalue weighted by Gasteiger charge is -2.33. The maximum atomic E-state index is 13.8. The summed E-state index contributed by atoms with van der Waals surface area (Å²) in [5, 5.41) is 3.52. The molecule has 0 unspecified atom stereocenters. The molecule has 2 aliphatic heterocycles. The number of likely N-dealkylation sites (tertiary alicyclic amines) is 1. The number of piperazine rings is 1. The highest BCUT2D eigenvalue weighted by atomic mass is 32.1. The highest BCUT2D eigenvalue weighted by molar-refractivity contribution is 7.24. The maximum absolute atomic E-state index is 13.8. The van der Waals surface area contributed by atoms with Crippen LogP contribution in [0.15, 0.2) is 41.3 Å². The Morgan fingerprint density at radius 2 is 1.86 bits per heavy atom. The SMILES string of the molecule is CN1CCN(c2cnc3c(c2)c(=O)c(C(=O)NCCN2CCCC2)c2sc4ccccc4n23)CC1. The molecule has 0 radical (unpaired) electrons. The molecule has 0 aliphatic carbocycles. The number of nitrogens with one attached hydrogen (secondary N) is 1. The van der Waals surface area contributed by atoms with Crippen LogP contribution in [0.4, 0.5) is 5.69 Å². The Kier molecular flexibility index (Phi) is 5.91. The topological polar surface area (TPSA) is 73.2 Å². The first-order valence-electron chi connectivity index (χ1n) is 12.4. The predicted octanol–water partition coefficient (Wildman–Crippen LogP) is 2.64. The molecule has 0 spiro atoms. The van der Waals surface area contributed by atoms with E-state index < -0.39 is 0 Å². The molecule has 2 aliphatic rings. The zero-order chi connectivity index (χ0) is 23.9. The Labute approximate surface area is 207 Å². The number of thiazole rings is 1. The molecule has 2 fully saturated rings. The molecular weight excluding hydrogens is 460 g/mol. The fourth-order valence-electron chi connectivity index (χ4n) is 5.24. The first-order chi connectivity index (χ1) is 17.1. The number of likely N-dealkylation sites (N-methyl/N-ethyl adjacent to an activating group) is 1. The van der Waals surface area contributed by atoms with Gasteiger partial charge >= 0.3 is 0 Å². The molecule has 182 valence electrons. The van der Waals surface area contributed by atoms with Crippen LogP contribution in [0.25, 0.3) is 26.1 Å². The van der Waals surface area contributed by atoms with Crippen LogP contribution in [0.3, 0.4) is 0 Å². The molecule has 1 amide bonds. The van der Waals surface area contributed by atoms with Crippen LogP contribution in [0.5, 0.6) is 0 Å². The minimum Gasteiger partial charge on any atom is -0.368 e. The van der Waals surface area contributed by atoms with Crippen molar-refractivity contribution in [3.05, 3.63) is 52.3 Å². The number of benzene rings is 1. The number of carbonyl (C=O) groups is 1. The van der Waals surface area contributed by atoms with E-state index in [1.54, 1.807) is 0 Å². The first kappa shape index (κ1) is 22.5. The van der Waals surface area contributed by atoms with Crippen molar-refractivity contribution < 1.29 is 4.79 Å². The van der Waals surface area contributed by atoms with Crippen molar-refractivity contribution >= 4 is 49.0 Å². The second-order valence-corrected chi connectivity index (χ2v) is 10.6. The summed E-state index contributed by atoms with van der Waals surface area (Å²) in [5.74, 6) is -0.301. The molecule has 6 rings (SSSR count). The van der Waals surface area contributed by atoms with Crippen LogP contribution in [0, 0.1) is 0 Å². The Bertz CT molecular complexity index is 1460. The Morgan fingerprint density at radius 3 is 2.66 bits per heavy atom. The van der Waals surface area contributed by atoms with E-state index in [0.717, 1.165) is 61.7 Å². The third-order valence-corrected chi connectivity index (χ3v) is 8.42. The van der Waals surface area contributed by atoms with Crippen molar-refractivity contribution in [1.82, 2.24) is 24.5 Å². The van der Waals surface area contributed by atoms with Crippen molar-refractivity contribution in [2.24, 2.45) is 0 Å². The van der Waals surface area contributed by atoms with Gasteiger partial charge in [-0.05, 0) is 51.2 Å². The van der Waals surface area contributed by atoms with Gasteiger partial charge in [-0.1, -0.05) is 12.1 Å². The summed E-state index contributed by atoms with van der Waals surface area (Å²) in [6.07, 6.45) is 4.29. The highest BCUT2D eigenvalue weighted by Gasteiger charge is 2.24. The van der Waals surface area contributed by atoms with Crippen molar-refractivity contribution in [1.29, 1.82) is 0 Å². The number of carbonyl (C=O) groups excluding carboxylic acids is 1. The summed E-state index contributed by atoms with van der Waals surface area (Å²) < 4.78 is 3.01. The molecule has 0 bridgehead atoms. The predicted molar refractivity (Wildman–Crippen MR) is 142 cm³/mol. The lowest BCUT2D eigenvalue weighted by atomic mass is 10.1. The average molecular weight is 491 g/mol. The lowest BCUT2D eigenvalue weighted by molar-refractivity contribution is 0.0950. The molecule has 0 atom stereocenters. The zero-order valence-electron chi connectivity index (χ0n) is 20.0. The largest absolute Gasteiger partial charge is 0.368 e. The van der Waals surface area contributed by atoms with Gasteiger partial charge in [0.25, 0.3) is 5.91 Å². The minimum atomic E-state index is -0.301. The number of hydrogen-bond donors (Lipinski definition) is 1. The minimum absolute atomic E-state index is 0.220. The van der Waals surface area contributed by atoms with Gasteiger partial charge in [0.1, 0.15) is 16.0 Å². The molecule has 2 saturated heterocycles. The molecule has 5 heterocycles. The van der Waals surface area contributed by atoms with E-state index in [9.17, 15) is 9.59 Å². The molecule has 1 N–H and O–H groups in total. The van der Waals surface area contributed by atoms with E-state index in [1.165, 1.54) is 24.2 Å². The van der Waals surface area contributed by atoms with Crippen LogP contribution < -0.4 is 15.6 Å². The van der Waals surface area contributed by atoms with Crippen molar-refractivity contribution in [2.75, 3.05) is 64.3 Å². The van der Waals surface area contributed by atoms with Crippen LogP contribution in [-0.2, 0) is 0 Å². The smallest absolute Gasteiger partial charge is 0.258 e.